The molecule has 1 aromatic heterocycles. The summed E-state index contributed by atoms with van der Waals surface area (Å²) in [7, 11) is 0. The minimum Gasteiger partial charge on any atom is -0.337 e. The van der Waals surface area contributed by atoms with Gasteiger partial charge < -0.3 is 4.90 Å². The molecule has 0 atom stereocenters. The Balaban J connectivity index is 2.10. The summed E-state index contributed by atoms with van der Waals surface area (Å²) in [6.07, 6.45) is 1.84. The zero-order valence-electron chi connectivity index (χ0n) is 15.7. The number of amides is 1. The Morgan fingerprint density at radius 2 is 1.70 bits per heavy atom. The predicted octanol–water partition coefficient (Wildman–Crippen LogP) is 5.45. The van der Waals surface area contributed by atoms with Crippen molar-refractivity contribution in [3.63, 3.8) is 0 Å². The molecule has 1 heterocycles. The third-order valence-electron chi connectivity index (χ3n) is 4.33. The van der Waals surface area contributed by atoms with Crippen LogP contribution in [-0.4, -0.2) is 33.7 Å². The van der Waals surface area contributed by atoms with Crippen LogP contribution in [0.2, 0.25) is 5.02 Å². The van der Waals surface area contributed by atoms with Crippen LogP contribution in [0.5, 0.6) is 0 Å². The van der Waals surface area contributed by atoms with E-state index in [1.165, 1.54) is 0 Å². The lowest BCUT2D eigenvalue weighted by atomic mass is 10.1. The van der Waals surface area contributed by atoms with Crippen LogP contribution in [0.25, 0.3) is 16.9 Å². The van der Waals surface area contributed by atoms with E-state index in [1.54, 1.807) is 4.68 Å². The van der Waals surface area contributed by atoms with E-state index in [0.717, 1.165) is 42.9 Å². The van der Waals surface area contributed by atoms with Gasteiger partial charge in [-0.25, -0.2) is 4.68 Å². The molecule has 1 amide bonds. The van der Waals surface area contributed by atoms with Gasteiger partial charge in [0.25, 0.3) is 5.91 Å². The highest BCUT2D eigenvalue weighted by Gasteiger charge is 2.22. The lowest BCUT2D eigenvalue weighted by Crippen LogP contribution is -2.33. The second kappa shape index (κ2) is 8.87. The third kappa shape index (κ3) is 4.40. The lowest BCUT2D eigenvalue weighted by molar-refractivity contribution is 0.0746. The first kappa shape index (κ1) is 19.2. The Morgan fingerprint density at radius 1 is 1.00 bits per heavy atom. The van der Waals surface area contributed by atoms with Crippen molar-refractivity contribution in [1.29, 1.82) is 0 Å². The molecule has 0 N–H and O–H groups in total. The Labute approximate surface area is 165 Å². The number of nitrogens with zero attached hydrogens (tertiary/aromatic N) is 3. The van der Waals surface area contributed by atoms with Gasteiger partial charge >= 0.3 is 0 Å². The highest BCUT2D eigenvalue weighted by molar-refractivity contribution is 6.30. The molecule has 5 heteroatoms. The van der Waals surface area contributed by atoms with Crippen LogP contribution < -0.4 is 0 Å². The summed E-state index contributed by atoms with van der Waals surface area (Å²) in [5.41, 5.74) is 3.08. The number of hydrogen-bond acceptors (Lipinski definition) is 2. The maximum absolute atomic E-state index is 13.3. The van der Waals surface area contributed by atoms with Crippen LogP contribution in [0.3, 0.4) is 0 Å². The first-order valence-electron chi connectivity index (χ1n) is 9.34. The van der Waals surface area contributed by atoms with E-state index in [4.69, 9.17) is 16.7 Å². The number of rotatable bonds is 7. The molecule has 0 fully saturated rings. The smallest absolute Gasteiger partial charge is 0.272 e. The maximum Gasteiger partial charge on any atom is 0.272 e. The highest BCUT2D eigenvalue weighted by Crippen LogP contribution is 2.24. The number of aromatic nitrogens is 2. The topological polar surface area (TPSA) is 38.1 Å². The van der Waals surface area contributed by atoms with Gasteiger partial charge in [0.05, 0.1) is 11.4 Å². The first-order valence-corrected chi connectivity index (χ1v) is 9.72. The summed E-state index contributed by atoms with van der Waals surface area (Å²) in [5.74, 6) is -0.00615. The molecule has 2 aromatic carbocycles. The van der Waals surface area contributed by atoms with E-state index in [2.05, 4.69) is 13.8 Å². The summed E-state index contributed by atoms with van der Waals surface area (Å²) in [5, 5.41) is 5.34. The van der Waals surface area contributed by atoms with E-state index in [0.29, 0.717) is 10.7 Å². The van der Waals surface area contributed by atoms with Gasteiger partial charge in [-0.1, -0.05) is 61.8 Å². The van der Waals surface area contributed by atoms with E-state index in [9.17, 15) is 4.79 Å². The first-order chi connectivity index (χ1) is 13.1. The standard InChI is InChI=1S/C22H24ClN3O/c1-3-13-25(14-4-2)22(27)21-16-20(17-9-6-5-7-10-17)24-26(21)19-12-8-11-18(23)15-19/h5-12,15-16H,3-4,13-14H2,1-2H3. The fourth-order valence-electron chi connectivity index (χ4n) is 3.10. The van der Waals surface area contributed by atoms with Gasteiger partial charge in [0.15, 0.2) is 0 Å². The number of carbonyl (C=O) groups is 1. The normalized spacial score (nSPS) is 10.8. The molecule has 0 radical (unpaired) electrons. The van der Waals surface area contributed by atoms with Crippen LogP contribution in [0.4, 0.5) is 0 Å². The van der Waals surface area contributed by atoms with Crippen molar-refractivity contribution in [2.45, 2.75) is 26.7 Å². The average Bonchev–Trinajstić information content (AvgIpc) is 3.13. The summed E-state index contributed by atoms with van der Waals surface area (Å²) >= 11 is 6.18. The largest absolute Gasteiger partial charge is 0.337 e. The van der Waals surface area contributed by atoms with Crippen molar-refractivity contribution in [1.82, 2.24) is 14.7 Å². The molecule has 0 saturated carbocycles. The molecule has 0 spiro atoms. The van der Waals surface area contributed by atoms with Crippen molar-refractivity contribution in [3.8, 4) is 16.9 Å². The molecule has 0 unspecified atom stereocenters. The minimum atomic E-state index is -0.00615. The van der Waals surface area contributed by atoms with Crippen LogP contribution in [0, 0.1) is 0 Å². The average molecular weight is 382 g/mol. The SMILES string of the molecule is CCCN(CCC)C(=O)c1cc(-c2ccccc2)nn1-c1cccc(Cl)c1. The fourth-order valence-corrected chi connectivity index (χ4v) is 3.29. The van der Waals surface area contributed by atoms with Gasteiger partial charge in [0, 0.05) is 23.7 Å². The highest BCUT2D eigenvalue weighted by atomic mass is 35.5. The maximum atomic E-state index is 13.3. The van der Waals surface area contributed by atoms with E-state index in [1.807, 2.05) is 65.6 Å². The number of hydrogen-bond donors (Lipinski definition) is 0. The second-order valence-corrected chi connectivity index (χ2v) is 6.90. The van der Waals surface area contributed by atoms with Crippen molar-refractivity contribution in [3.05, 3.63) is 71.4 Å². The second-order valence-electron chi connectivity index (χ2n) is 6.46. The van der Waals surface area contributed by atoms with Gasteiger partial charge in [-0.2, -0.15) is 5.10 Å². The van der Waals surface area contributed by atoms with E-state index >= 15 is 0 Å². The van der Waals surface area contributed by atoms with E-state index < -0.39 is 0 Å². The number of carbonyl (C=O) groups excluding carboxylic acids is 1. The van der Waals surface area contributed by atoms with Gasteiger partial charge in [-0.3, -0.25) is 4.79 Å². The summed E-state index contributed by atoms with van der Waals surface area (Å²) in [6.45, 7) is 5.63. The van der Waals surface area contributed by atoms with Crippen molar-refractivity contribution in [2.75, 3.05) is 13.1 Å². The van der Waals surface area contributed by atoms with Crippen LogP contribution in [-0.2, 0) is 0 Å². The molecule has 0 aliphatic heterocycles. The predicted molar refractivity (Wildman–Crippen MR) is 110 cm³/mol. The van der Waals surface area contributed by atoms with Crippen molar-refractivity contribution >= 4 is 17.5 Å². The molecule has 0 bridgehead atoms. The molecule has 4 nitrogen and oxygen atoms in total. The van der Waals surface area contributed by atoms with Gasteiger partial charge in [0.1, 0.15) is 5.69 Å². The van der Waals surface area contributed by atoms with Crippen molar-refractivity contribution < 1.29 is 4.79 Å². The van der Waals surface area contributed by atoms with Gasteiger partial charge in [0.2, 0.25) is 0 Å². The number of benzene rings is 2. The quantitative estimate of drug-likeness (QED) is 0.545. The third-order valence-corrected chi connectivity index (χ3v) is 4.56. The Morgan fingerprint density at radius 3 is 2.33 bits per heavy atom. The monoisotopic (exact) mass is 381 g/mol. The summed E-state index contributed by atoms with van der Waals surface area (Å²) in [6, 6.07) is 19.2. The number of halogens is 1. The molecule has 3 aromatic rings. The van der Waals surface area contributed by atoms with Gasteiger partial charge in [-0.15, -0.1) is 0 Å². The molecule has 0 aliphatic rings. The van der Waals surface area contributed by atoms with Crippen molar-refractivity contribution in [2.24, 2.45) is 0 Å². The summed E-state index contributed by atoms with van der Waals surface area (Å²) < 4.78 is 1.70. The molecule has 0 aliphatic carbocycles. The van der Waals surface area contributed by atoms with E-state index in [-0.39, 0.29) is 5.91 Å². The molecular weight excluding hydrogens is 358 g/mol. The van der Waals surface area contributed by atoms with Gasteiger partial charge in [-0.05, 0) is 37.1 Å². The molecular formula is C22H24ClN3O. The van der Waals surface area contributed by atoms with Crippen LogP contribution >= 0.6 is 11.6 Å². The molecule has 3 rings (SSSR count). The minimum absolute atomic E-state index is 0.00615. The fraction of sp³-hybridized carbons (Fsp3) is 0.273. The Hall–Kier alpha value is -2.59. The molecule has 0 saturated heterocycles. The van der Waals surface area contributed by atoms with Crippen LogP contribution in [0.1, 0.15) is 37.2 Å². The Bertz CT molecular complexity index is 899. The summed E-state index contributed by atoms with van der Waals surface area (Å²) in [4.78, 5) is 15.2. The Kier molecular flexibility index (Phi) is 6.30. The molecule has 27 heavy (non-hydrogen) atoms. The zero-order valence-corrected chi connectivity index (χ0v) is 16.5. The van der Waals surface area contributed by atoms with Crippen LogP contribution in [0.15, 0.2) is 60.7 Å². The molecule has 140 valence electrons. The zero-order chi connectivity index (χ0) is 19.2. The lowest BCUT2D eigenvalue weighted by Gasteiger charge is -2.21.